The molecular weight excluding hydrogens is 446 g/mol. The zero-order valence-corrected chi connectivity index (χ0v) is 18.8. The number of nitrogens with zero attached hydrogens (tertiary/aromatic N) is 1. The molecule has 1 aliphatic rings. The number of ketones is 1. The number of rotatable bonds is 5. The van der Waals surface area contributed by atoms with Crippen molar-refractivity contribution in [3.8, 4) is 0 Å². The monoisotopic (exact) mass is 465 g/mol. The molecule has 0 N–H and O–H groups in total. The lowest BCUT2D eigenvalue weighted by atomic mass is 9.98. The largest absolute Gasteiger partial charge is 0.452 e. The lowest BCUT2D eigenvalue weighted by Gasteiger charge is -2.30. The second-order valence-corrected chi connectivity index (χ2v) is 8.67. The molecule has 0 atom stereocenters. The summed E-state index contributed by atoms with van der Waals surface area (Å²) in [5, 5.41) is 0. The fourth-order valence-corrected chi connectivity index (χ4v) is 4.90. The summed E-state index contributed by atoms with van der Waals surface area (Å²) in [6.07, 6.45) is 0. The summed E-state index contributed by atoms with van der Waals surface area (Å²) in [5.41, 5.74) is 2.31. The second kappa shape index (κ2) is 9.37. The minimum Gasteiger partial charge on any atom is -0.452 e. The Kier molecular flexibility index (Phi) is 5.97. The number of carbonyl (C=O) groups is 3. The zero-order valence-electron chi connectivity index (χ0n) is 18.0. The molecule has 1 amide bonds. The molecule has 0 bridgehead atoms. The highest BCUT2D eigenvalue weighted by atomic mass is 32.2. The van der Waals surface area contributed by atoms with Gasteiger partial charge in [0.1, 0.15) is 0 Å². The molecule has 5 nitrogen and oxygen atoms in total. The summed E-state index contributed by atoms with van der Waals surface area (Å²) in [5.74, 6) is -1.38. The van der Waals surface area contributed by atoms with Gasteiger partial charge in [0.05, 0.1) is 16.9 Å². The Labute approximate surface area is 201 Å². The Morgan fingerprint density at radius 2 is 1.18 bits per heavy atom. The van der Waals surface area contributed by atoms with Crippen molar-refractivity contribution in [2.45, 2.75) is 9.79 Å². The maximum absolute atomic E-state index is 13.3. The van der Waals surface area contributed by atoms with Gasteiger partial charge in [-0.15, -0.1) is 0 Å². The fourth-order valence-electron chi connectivity index (χ4n) is 3.85. The number of amides is 1. The maximum Gasteiger partial charge on any atom is 0.339 e. The molecule has 0 radical (unpaired) electrons. The maximum atomic E-state index is 13.3. The Balaban J connectivity index is 1.38. The predicted molar refractivity (Wildman–Crippen MR) is 131 cm³/mol. The molecular formula is C28H19NO4S. The van der Waals surface area contributed by atoms with Gasteiger partial charge in [0.25, 0.3) is 5.91 Å². The first-order chi connectivity index (χ1) is 16.6. The highest BCUT2D eigenvalue weighted by Crippen LogP contribution is 2.47. The van der Waals surface area contributed by atoms with Gasteiger partial charge in [0, 0.05) is 20.9 Å². The molecule has 5 rings (SSSR count). The third kappa shape index (κ3) is 4.11. The SMILES string of the molecule is O=C(OCC(=O)N1c2ccccc2Sc2ccccc21)c1ccccc1C(=O)c1ccccc1. The highest BCUT2D eigenvalue weighted by molar-refractivity contribution is 7.99. The van der Waals surface area contributed by atoms with Crippen LogP contribution in [0.3, 0.4) is 0 Å². The number of ether oxygens (including phenoxy) is 1. The normalized spacial score (nSPS) is 11.8. The van der Waals surface area contributed by atoms with Crippen molar-refractivity contribution in [2.24, 2.45) is 0 Å². The molecule has 0 unspecified atom stereocenters. The van der Waals surface area contributed by atoms with E-state index in [4.69, 9.17) is 4.74 Å². The molecule has 1 heterocycles. The van der Waals surface area contributed by atoms with Crippen LogP contribution in [-0.4, -0.2) is 24.3 Å². The average molecular weight is 466 g/mol. The Bertz CT molecular complexity index is 1350. The van der Waals surface area contributed by atoms with E-state index in [-0.39, 0.29) is 22.8 Å². The first-order valence-corrected chi connectivity index (χ1v) is 11.5. The first kappa shape index (κ1) is 21.7. The van der Waals surface area contributed by atoms with E-state index in [1.807, 2.05) is 54.6 Å². The van der Waals surface area contributed by atoms with Crippen LogP contribution in [-0.2, 0) is 9.53 Å². The summed E-state index contributed by atoms with van der Waals surface area (Å²) in [6, 6.07) is 30.4. The van der Waals surface area contributed by atoms with E-state index < -0.39 is 12.6 Å². The van der Waals surface area contributed by atoms with E-state index in [0.717, 1.165) is 21.2 Å². The lowest BCUT2D eigenvalue weighted by molar-refractivity contribution is -0.121. The molecule has 0 saturated carbocycles. The van der Waals surface area contributed by atoms with Crippen LogP contribution in [0, 0.1) is 0 Å². The number of hydrogen-bond acceptors (Lipinski definition) is 5. The molecule has 4 aromatic carbocycles. The standard InChI is InChI=1S/C28H19NO4S/c30-26(29-22-14-6-8-16-24(22)34-25-17-9-7-15-23(25)29)18-33-28(32)21-13-5-4-12-20(21)27(31)19-10-2-1-3-11-19/h1-17H,18H2. The van der Waals surface area contributed by atoms with Gasteiger partial charge in [-0.2, -0.15) is 0 Å². The molecule has 6 heteroatoms. The van der Waals surface area contributed by atoms with E-state index in [0.29, 0.717) is 5.56 Å². The fraction of sp³-hybridized carbons (Fsp3) is 0.0357. The van der Waals surface area contributed by atoms with Crippen molar-refractivity contribution in [1.82, 2.24) is 0 Å². The Morgan fingerprint density at radius 1 is 0.647 bits per heavy atom. The van der Waals surface area contributed by atoms with Gasteiger partial charge in [0.2, 0.25) is 0 Å². The van der Waals surface area contributed by atoms with E-state index in [2.05, 4.69) is 0 Å². The van der Waals surface area contributed by atoms with E-state index >= 15 is 0 Å². The average Bonchev–Trinajstić information content (AvgIpc) is 2.90. The number of fused-ring (bicyclic) bond motifs is 2. The van der Waals surface area contributed by atoms with Crippen LogP contribution in [0.25, 0.3) is 0 Å². The summed E-state index contributed by atoms with van der Waals surface area (Å²) in [7, 11) is 0. The molecule has 0 spiro atoms. The molecule has 0 aliphatic carbocycles. The van der Waals surface area contributed by atoms with Crippen molar-refractivity contribution in [3.63, 3.8) is 0 Å². The van der Waals surface area contributed by atoms with Gasteiger partial charge in [-0.05, 0) is 30.3 Å². The van der Waals surface area contributed by atoms with Gasteiger partial charge >= 0.3 is 5.97 Å². The van der Waals surface area contributed by atoms with Crippen molar-refractivity contribution < 1.29 is 19.1 Å². The molecule has 0 fully saturated rings. The molecule has 0 aromatic heterocycles. The quantitative estimate of drug-likeness (QED) is 0.271. The van der Waals surface area contributed by atoms with Crippen LogP contribution in [0.2, 0.25) is 0 Å². The van der Waals surface area contributed by atoms with E-state index in [1.54, 1.807) is 59.1 Å². The number of benzene rings is 4. The van der Waals surface area contributed by atoms with Gasteiger partial charge in [-0.25, -0.2) is 4.79 Å². The third-order valence-corrected chi connectivity index (χ3v) is 6.57. The smallest absolute Gasteiger partial charge is 0.339 e. The number of esters is 1. The van der Waals surface area contributed by atoms with Gasteiger partial charge in [-0.3, -0.25) is 14.5 Å². The van der Waals surface area contributed by atoms with E-state index in [9.17, 15) is 14.4 Å². The van der Waals surface area contributed by atoms with Crippen molar-refractivity contribution in [2.75, 3.05) is 11.5 Å². The molecule has 1 aliphatic heterocycles. The summed E-state index contributed by atoms with van der Waals surface area (Å²) >= 11 is 1.59. The van der Waals surface area contributed by atoms with Crippen molar-refractivity contribution in [1.29, 1.82) is 0 Å². The second-order valence-electron chi connectivity index (χ2n) is 7.58. The number of anilines is 2. The molecule has 0 saturated heterocycles. The Morgan fingerprint density at radius 3 is 1.82 bits per heavy atom. The zero-order chi connectivity index (χ0) is 23.5. The van der Waals surface area contributed by atoms with Gasteiger partial charge in [-0.1, -0.05) is 84.6 Å². The molecule has 34 heavy (non-hydrogen) atoms. The van der Waals surface area contributed by atoms with Crippen LogP contribution in [0.5, 0.6) is 0 Å². The summed E-state index contributed by atoms with van der Waals surface area (Å²) in [6.45, 7) is -0.458. The van der Waals surface area contributed by atoms with E-state index in [1.165, 1.54) is 6.07 Å². The first-order valence-electron chi connectivity index (χ1n) is 10.7. The van der Waals surface area contributed by atoms with Gasteiger partial charge in [0.15, 0.2) is 12.4 Å². The van der Waals surface area contributed by atoms with Crippen LogP contribution in [0.15, 0.2) is 113 Å². The summed E-state index contributed by atoms with van der Waals surface area (Å²) < 4.78 is 5.41. The minimum atomic E-state index is -0.721. The van der Waals surface area contributed by atoms with Crippen LogP contribution >= 0.6 is 11.8 Å². The van der Waals surface area contributed by atoms with Crippen LogP contribution in [0.1, 0.15) is 26.3 Å². The summed E-state index contributed by atoms with van der Waals surface area (Å²) in [4.78, 5) is 42.6. The topological polar surface area (TPSA) is 63.7 Å². The number of carbonyl (C=O) groups excluding carboxylic acids is 3. The van der Waals surface area contributed by atoms with Gasteiger partial charge < -0.3 is 4.74 Å². The Hall–Kier alpha value is -4.16. The number of hydrogen-bond donors (Lipinski definition) is 0. The minimum absolute atomic E-state index is 0.124. The van der Waals surface area contributed by atoms with Crippen molar-refractivity contribution in [3.05, 3.63) is 120 Å². The van der Waals surface area contributed by atoms with Crippen LogP contribution < -0.4 is 4.90 Å². The number of para-hydroxylation sites is 2. The predicted octanol–water partition coefficient (Wildman–Crippen LogP) is 5.90. The third-order valence-electron chi connectivity index (χ3n) is 5.44. The highest BCUT2D eigenvalue weighted by Gasteiger charge is 2.29. The molecule has 4 aromatic rings. The molecule has 166 valence electrons. The van der Waals surface area contributed by atoms with Crippen molar-refractivity contribution >= 4 is 40.8 Å². The van der Waals surface area contributed by atoms with Crippen LogP contribution in [0.4, 0.5) is 11.4 Å². The lowest BCUT2D eigenvalue weighted by Crippen LogP contribution is -2.32.